The van der Waals surface area contributed by atoms with E-state index in [-0.39, 0.29) is 5.91 Å². The van der Waals surface area contributed by atoms with Crippen LogP contribution in [-0.2, 0) is 4.79 Å². The van der Waals surface area contributed by atoms with Gasteiger partial charge in [0.2, 0.25) is 5.91 Å². The zero-order valence-electron chi connectivity index (χ0n) is 10.3. The molecule has 2 rings (SSSR count). The first-order chi connectivity index (χ1) is 8.69. The summed E-state index contributed by atoms with van der Waals surface area (Å²) in [6.45, 7) is 0. The average molecular weight is 266 g/mol. The van der Waals surface area contributed by atoms with Crippen molar-refractivity contribution in [3.05, 3.63) is 35.4 Å². The molecule has 0 saturated heterocycles. The Labute approximate surface area is 112 Å². The predicted molar refractivity (Wildman–Crippen MR) is 73.1 cm³/mol. The molecule has 0 unspecified atom stereocenters. The molecule has 1 aromatic carbocycles. The normalized spacial score (nSPS) is 17.8. The molecule has 4 heteroatoms. The van der Waals surface area contributed by atoms with Gasteiger partial charge in [0.1, 0.15) is 5.75 Å². The molecule has 0 saturated carbocycles. The minimum Gasteiger partial charge on any atom is -0.495 e. The first-order valence-corrected chi connectivity index (χ1v) is 6.37. The molecule has 96 valence electrons. The van der Waals surface area contributed by atoms with E-state index >= 15 is 0 Å². The fourth-order valence-electron chi connectivity index (χ4n) is 2.08. The van der Waals surface area contributed by atoms with Crippen LogP contribution < -0.4 is 10.1 Å². The van der Waals surface area contributed by atoms with Gasteiger partial charge in [-0.3, -0.25) is 4.79 Å². The Morgan fingerprint density at radius 2 is 2.39 bits per heavy atom. The summed E-state index contributed by atoms with van der Waals surface area (Å²) < 4.78 is 5.18. The molecule has 0 heterocycles. The molecule has 0 fully saturated rings. The van der Waals surface area contributed by atoms with Crippen LogP contribution in [-0.4, -0.2) is 13.0 Å². The monoisotopic (exact) mass is 265 g/mol. The van der Waals surface area contributed by atoms with E-state index in [1.165, 1.54) is 0 Å². The number of anilines is 1. The number of allylic oxidation sites excluding steroid dienone is 2. The van der Waals surface area contributed by atoms with Crippen LogP contribution in [0.4, 0.5) is 5.69 Å². The predicted octanol–water partition coefficient (Wildman–Crippen LogP) is 3.64. The van der Waals surface area contributed by atoms with E-state index < -0.39 is 0 Å². The van der Waals surface area contributed by atoms with Crippen LogP contribution in [0.25, 0.3) is 0 Å². The summed E-state index contributed by atoms with van der Waals surface area (Å²) in [7, 11) is 1.57. The number of nitrogens with one attached hydrogen (secondary N) is 1. The largest absolute Gasteiger partial charge is 0.495 e. The summed E-state index contributed by atoms with van der Waals surface area (Å²) in [6.07, 6.45) is 6.86. The Kier molecular flexibility index (Phi) is 4.26. The Bertz CT molecular complexity index is 471. The molecule has 0 bridgehead atoms. The van der Waals surface area contributed by atoms with Crippen LogP contribution in [0.1, 0.15) is 19.3 Å². The number of amides is 1. The zero-order valence-corrected chi connectivity index (χ0v) is 11.0. The maximum absolute atomic E-state index is 11.9. The molecule has 0 aliphatic heterocycles. The third-order valence-electron chi connectivity index (χ3n) is 3.00. The molecule has 18 heavy (non-hydrogen) atoms. The molecule has 3 nitrogen and oxygen atoms in total. The van der Waals surface area contributed by atoms with E-state index in [0.29, 0.717) is 28.8 Å². The molecule has 1 atom stereocenters. The topological polar surface area (TPSA) is 38.3 Å². The van der Waals surface area contributed by atoms with Gasteiger partial charge >= 0.3 is 0 Å². The van der Waals surface area contributed by atoms with Crippen molar-refractivity contribution in [2.75, 3.05) is 12.4 Å². The van der Waals surface area contributed by atoms with Gasteiger partial charge in [-0.2, -0.15) is 0 Å². The zero-order chi connectivity index (χ0) is 13.0. The van der Waals surface area contributed by atoms with Crippen molar-refractivity contribution < 1.29 is 9.53 Å². The van der Waals surface area contributed by atoms with Crippen molar-refractivity contribution in [2.45, 2.75) is 19.3 Å². The van der Waals surface area contributed by atoms with E-state index in [1.54, 1.807) is 25.3 Å². The number of methoxy groups -OCH3 is 1. The van der Waals surface area contributed by atoms with Crippen molar-refractivity contribution >= 4 is 23.2 Å². The first kappa shape index (κ1) is 13.0. The summed E-state index contributed by atoms with van der Waals surface area (Å²) in [4.78, 5) is 11.9. The van der Waals surface area contributed by atoms with Crippen molar-refractivity contribution in [1.82, 2.24) is 0 Å². The Morgan fingerprint density at radius 3 is 3.06 bits per heavy atom. The molecule has 1 aliphatic rings. The SMILES string of the molecule is COc1ccc(Cl)cc1NC(=O)C[C@@H]1C=CCC1. The first-order valence-electron chi connectivity index (χ1n) is 5.99. The second-order valence-corrected chi connectivity index (χ2v) is 4.80. The summed E-state index contributed by atoms with van der Waals surface area (Å²) in [5.74, 6) is 0.969. The Hall–Kier alpha value is -1.48. The second-order valence-electron chi connectivity index (χ2n) is 4.36. The van der Waals surface area contributed by atoms with E-state index in [4.69, 9.17) is 16.3 Å². The van der Waals surface area contributed by atoms with Crippen LogP contribution in [0.3, 0.4) is 0 Å². The van der Waals surface area contributed by atoms with Crippen LogP contribution in [0.15, 0.2) is 30.4 Å². The summed E-state index contributed by atoms with van der Waals surface area (Å²) >= 11 is 5.91. The number of carbonyl (C=O) groups excluding carboxylic acids is 1. The highest BCUT2D eigenvalue weighted by molar-refractivity contribution is 6.31. The van der Waals surface area contributed by atoms with Gasteiger partial charge in [0.05, 0.1) is 12.8 Å². The third kappa shape index (κ3) is 3.26. The molecule has 0 aromatic heterocycles. The lowest BCUT2D eigenvalue weighted by molar-refractivity contribution is -0.116. The number of ether oxygens (including phenoxy) is 1. The molecule has 0 spiro atoms. The van der Waals surface area contributed by atoms with Crippen molar-refractivity contribution in [2.24, 2.45) is 5.92 Å². The summed E-state index contributed by atoms with van der Waals surface area (Å²) in [6, 6.07) is 5.17. The molecule has 1 aliphatic carbocycles. The van der Waals surface area contributed by atoms with E-state index in [9.17, 15) is 4.79 Å². The number of carbonyl (C=O) groups is 1. The molecule has 1 aromatic rings. The van der Waals surface area contributed by atoms with Gasteiger partial charge in [-0.15, -0.1) is 0 Å². The average Bonchev–Trinajstić information content (AvgIpc) is 2.82. The third-order valence-corrected chi connectivity index (χ3v) is 3.23. The summed E-state index contributed by atoms with van der Waals surface area (Å²) in [5.41, 5.74) is 0.622. The van der Waals surface area contributed by atoms with E-state index in [2.05, 4.69) is 17.5 Å². The number of hydrogen-bond acceptors (Lipinski definition) is 2. The van der Waals surface area contributed by atoms with Crippen molar-refractivity contribution in [1.29, 1.82) is 0 Å². The minimum absolute atomic E-state index is 0.00730. The maximum Gasteiger partial charge on any atom is 0.225 e. The highest BCUT2D eigenvalue weighted by Crippen LogP contribution is 2.28. The molecular weight excluding hydrogens is 250 g/mol. The van der Waals surface area contributed by atoms with Gasteiger partial charge < -0.3 is 10.1 Å². The lowest BCUT2D eigenvalue weighted by Crippen LogP contribution is -2.15. The van der Waals surface area contributed by atoms with Crippen molar-refractivity contribution in [3.63, 3.8) is 0 Å². The van der Waals surface area contributed by atoms with Crippen LogP contribution in [0, 0.1) is 5.92 Å². The van der Waals surface area contributed by atoms with Gasteiger partial charge in [-0.25, -0.2) is 0 Å². The molecule has 1 N–H and O–H groups in total. The number of halogens is 1. The van der Waals surface area contributed by atoms with Gasteiger partial charge in [0.25, 0.3) is 0 Å². The van der Waals surface area contributed by atoms with Gasteiger partial charge in [-0.1, -0.05) is 23.8 Å². The van der Waals surface area contributed by atoms with E-state index in [1.807, 2.05) is 0 Å². The van der Waals surface area contributed by atoms with Crippen molar-refractivity contribution in [3.8, 4) is 5.75 Å². The lowest BCUT2D eigenvalue weighted by Gasteiger charge is -2.12. The summed E-state index contributed by atoms with van der Waals surface area (Å²) in [5, 5.41) is 3.42. The van der Waals surface area contributed by atoms with Crippen LogP contribution >= 0.6 is 11.6 Å². The Balaban J connectivity index is 2.01. The molecular formula is C14H16ClNO2. The van der Waals surface area contributed by atoms with Gasteiger partial charge in [0, 0.05) is 11.4 Å². The van der Waals surface area contributed by atoms with Crippen LogP contribution in [0.2, 0.25) is 5.02 Å². The number of hydrogen-bond donors (Lipinski definition) is 1. The smallest absolute Gasteiger partial charge is 0.225 e. The number of benzene rings is 1. The molecule has 0 radical (unpaired) electrons. The van der Waals surface area contributed by atoms with Gasteiger partial charge in [0.15, 0.2) is 0 Å². The Morgan fingerprint density at radius 1 is 1.56 bits per heavy atom. The highest BCUT2D eigenvalue weighted by atomic mass is 35.5. The lowest BCUT2D eigenvalue weighted by atomic mass is 10.1. The maximum atomic E-state index is 11.9. The minimum atomic E-state index is -0.00730. The second kappa shape index (κ2) is 5.91. The van der Waals surface area contributed by atoms with Gasteiger partial charge in [-0.05, 0) is 37.0 Å². The highest BCUT2D eigenvalue weighted by Gasteiger charge is 2.15. The molecule has 1 amide bonds. The fourth-order valence-corrected chi connectivity index (χ4v) is 2.25. The quantitative estimate of drug-likeness (QED) is 0.844. The van der Waals surface area contributed by atoms with Crippen LogP contribution in [0.5, 0.6) is 5.75 Å². The van der Waals surface area contributed by atoms with E-state index in [0.717, 1.165) is 12.8 Å². The standard InChI is InChI=1S/C14H16ClNO2/c1-18-13-7-6-11(15)9-12(13)16-14(17)8-10-4-2-3-5-10/h2,4,6-7,9-10H,3,5,8H2,1H3,(H,16,17)/t10-/m1/s1. The fraction of sp³-hybridized carbons (Fsp3) is 0.357. The number of rotatable bonds is 4.